The van der Waals surface area contributed by atoms with Gasteiger partial charge in [-0.1, -0.05) is 84.3 Å². The Morgan fingerprint density at radius 3 is 1.84 bits per heavy atom. The number of amides is 12. The molecular formula is C70H109F5N12O12. The van der Waals surface area contributed by atoms with Crippen molar-refractivity contribution in [2.75, 3.05) is 82.6 Å². The second-order valence-electron chi connectivity index (χ2n) is 29.5. The first-order valence-corrected chi connectivity index (χ1v) is 36.0. The summed E-state index contributed by atoms with van der Waals surface area (Å²) in [5.41, 5.74) is -1.58. The second-order valence-corrected chi connectivity index (χ2v) is 29.5. The zero-order chi connectivity index (χ0) is 73.1. The van der Waals surface area contributed by atoms with Gasteiger partial charge in [-0.25, -0.2) is 8.78 Å². The summed E-state index contributed by atoms with van der Waals surface area (Å²) in [6, 6.07) is -10.2. The molecule has 3 aliphatic heterocycles. The van der Waals surface area contributed by atoms with Gasteiger partial charge in [-0.15, -0.1) is 0 Å². The Morgan fingerprint density at radius 1 is 0.626 bits per heavy atom. The van der Waals surface area contributed by atoms with E-state index in [4.69, 9.17) is 0 Å². The Morgan fingerprint density at radius 2 is 1.25 bits per heavy atom. The minimum Gasteiger partial charge on any atom is -0.347 e. The van der Waals surface area contributed by atoms with Gasteiger partial charge < -0.3 is 60.0 Å². The number of nitrogens with one attached hydrogen (secondary N) is 3. The molecule has 0 aromatic heterocycles. The van der Waals surface area contributed by atoms with Crippen LogP contribution < -0.4 is 16.0 Å². The first-order chi connectivity index (χ1) is 46.7. The van der Waals surface area contributed by atoms with Crippen LogP contribution in [0.5, 0.6) is 0 Å². The summed E-state index contributed by atoms with van der Waals surface area (Å²) in [6.07, 6.45) is -0.493. The number of fused-ring (bicyclic) bond motifs is 3. The lowest BCUT2D eigenvalue weighted by Gasteiger charge is -2.46. The van der Waals surface area contributed by atoms with Crippen molar-refractivity contribution in [2.45, 2.75) is 247 Å². The molecule has 0 radical (unpaired) electrons. The minimum absolute atomic E-state index is 0.0181. The van der Waals surface area contributed by atoms with Gasteiger partial charge in [0.2, 0.25) is 70.9 Å². The van der Waals surface area contributed by atoms with Crippen molar-refractivity contribution in [3.63, 3.8) is 0 Å². The van der Waals surface area contributed by atoms with Gasteiger partial charge in [0.15, 0.2) is 0 Å². The molecule has 556 valence electrons. The van der Waals surface area contributed by atoms with E-state index in [-0.39, 0.29) is 76.8 Å². The Kier molecular flexibility index (Phi) is 27.7. The van der Waals surface area contributed by atoms with Crippen LogP contribution in [0, 0.1) is 29.6 Å². The quantitative estimate of drug-likeness (QED) is 0.195. The van der Waals surface area contributed by atoms with E-state index >= 15 is 32.8 Å². The molecule has 7 rings (SSSR count). The Balaban J connectivity index is 1.27. The van der Waals surface area contributed by atoms with Crippen LogP contribution >= 0.6 is 0 Å². The SMILES string of the molecule is CC[C@H](C)[C@@H]1NC(=O)[C@H](CC)N(C)C(=O)C[C@@H](C(=O)N(C)C)N(C)C(=O)[C@H](C2CCCC2)N(C)C(=O)C2(CCC2)NC(=O)[C@@H]2CCCN2C(=O)[C@H](CCC2CC(F)C(C(F)(F)F)C(F)C2)NC(=O)CN(C)C(=O)[C@H](CC2CCCCC2)N2CC/C=C\C[C@@H](C2=O)N(C)C(=O)CN(C)C1=O. The van der Waals surface area contributed by atoms with Crippen LogP contribution in [0.3, 0.4) is 0 Å². The zero-order valence-electron chi connectivity index (χ0n) is 59.9. The van der Waals surface area contributed by atoms with E-state index in [1.807, 2.05) is 13.0 Å². The van der Waals surface area contributed by atoms with Crippen molar-refractivity contribution >= 4 is 70.9 Å². The highest BCUT2D eigenvalue weighted by molar-refractivity contribution is 6.01. The monoisotopic (exact) mass is 1400 g/mol. The first-order valence-electron chi connectivity index (χ1n) is 36.0. The van der Waals surface area contributed by atoms with Crippen LogP contribution in [0.25, 0.3) is 0 Å². The van der Waals surface area contributed by atoms with Gasteiger partial charge in [-0.3, -0.25) is 57.5 Å². The summed E-state index contributed by atoms with van der Waals surface area (Å²) in [6.45, 7) is 3.99. The predicted octanol–water partition coefficient (Wildman–Crippen LogP) is 4.91. The van der Waals surface area contributed by atoms with Gasteiger partial charge in [-0.2, -0.15) is 13.2 Å². The van der Waals surface area contributed by atoms with Crippen molar-refractivity contribution < 1.29 is 79.5 Å². The number of hydrogen-bond donors (Lipinski definition) is 3. The third kappa shape index (κ3) is 18.8. The molecule has 4 saturated carbocycles. The van der Waals surface area contributed by atoms with Crippen molar-refractivity contribution in [1.82, 2.24) is 60.0 Å². The number of nitrogens with zero attached hydrogens (tertiary/aromatic N) is 9. The average molecular weight is 1410 g/mol. The number of hydrogen-bond acceptors (Lipinski definition) is 12. The molecule has 3 heterocycles. The molecule has 3 N–H and O–H groups in total. The molecule has 24 nitrogen and oxygen atoms in total. The maximum atomic E-state index is 15.3. The number of halogens is 5. The lowest BCUT2D eigenvalue weighted by Crippen LogP contribution is -2.68. The van der Waals surface area contributed by atoms with E-state index in [9.17, 15) is 46.7 Å². The maximum absolute atomic E-state index is 15.3. The third-order valence-electron chi connectivity index (χ3n) is 22.6. The van der Waals surface area contributed by atoms with Gasteiger partial charge in [-0.05, 0) is 120 Å². The number of rotatable bonds is 10. The average Bonchev–Trinajstić information content (AvgIpc) is 1.44. The summed E-state index contributed by atoms with van der Waals surface area (Å²) >= 11 is 0. The fourth-order valence-electron chi connectivity index (χ4n) is 16.1. The molecule has 0 aromatic rings. The standard InChI is InChI=1S/C70H109F5N12O12/c1-12-42(3)58-66(97)81(7)41-56(90)83(9)51-28-18-15-21-34-87(65(51)96)53(38-43-24-16-14-17-25-43)64(95)80(6)40-54(88)76-48(31-30-44-36-46(71)57(47(72)37-44)70(73,74)75)62(93)86-35-22-29-50(86)61(92)78-69(32-23-33-69)68(99)85(11)59(45-26-19-20-27-45)67(98)84(10)52(63(94)79(4)5)39-55(89)82(8)49(13-2)60(91)77-58/h15,18,42-53,57-59H,12-14,16-17,19-41H2,1-11H3,(H,76,88)(H,77,91)(H,78,92)/b18-15-/t42-,44?,46?,47?,48-,49-,50-,51-,52-,53-,57?,58-,59-/m0/s1. The van der Waals surface area contributed by atoms with Crippen molar-refractivity contribution in [3.05, 3.63) is 12.2 Å². The van der Waals surface area contributed by atoms with Gasteiger partial charge in [0.1, 0.15) is 72.1 Å². The van der Waals surface area contributed by atoms with E-state index < -0.39 is 199 Å². The normalized spacial score (nSPS) is 31.5. The molecule has 99 heavy (non-hydrogen) atoms. The molecule has 6 fully saturated rings. The molecule has 2 saturated heterocycles. The molecule has 4 aliphatic carbocycles. The summed E-state index contributed by atoms with van der Waals surface area (Å²) in [7, 11) is 11.3. The number of alkyl halides is 5. The van der Waals surface area contributed by atoms with Crippen molar-refractivity contribution in [2.24, 2.45) is 29.6 Å². The van der Waals surface area contributed by atoms with Gasteiger partial charge in [0, 0.05) is 69.5 Å². The van der Waals surface area contributed by atoms with E-state index in [2.05, 4.69) is 16.0 Å². The molecule has 12 amide bonds. The van der Waals surface area contributed by atoms with Crippen molar-refractivity contribution in [3.8, 4) is 0 Å². The molecule has 29 heteroatoms. The smallest absolute Gasteiger partial charge is 0.347 e. The minimum atomic E-state index is -5.15. The maximum Gasteiger partial charge on any atom is 0.397 e. The Bertz CT molecular complexity index is 2950. The van der Waals surface area contributed by atoms with Crippen LogP contribution in [0.4, 0.5) is 22.0 Å². The molecular weight excluding hydrogens is 1300 g/mol. The fourth-order valence-corrected chi connectivity index (χ4v) is 16.1. The number of carbonyl (C=O) groups excluding carboxylic acids is 12. The molecule has 1 spiro atoms. The van der Waals surface area contributed by atoms with Crippen molar-refractivity contribution in [1.29, 1.82) is 0 Å². The van der Waals surface area contributed by atoms with Gasteiger partial charge in [0.05, 0.1) is 19.5 Å². The summed E-state index contributed by atoms with van der Waals surface area (Å²) in [5, 5.41) is 8.50. The van der Waals surface area contributed by atoms with Crippen LogP contribution in [0.1, 0.15) is 175 Å². The highest BCUT2D eigenvalue weighted by atomic mass is 19.4. The van der Waals surface area contributed by atoms with E-state index in [1.165, 1.54) is 80.9 Å². The van der Waals surface area contributed by atoms with Crippen LogP contribution in [0.2, 0.25) is 0 Å². The lowest BCUT2D eigenvalue weighted by molar-refractivity contribution is -0.219. The molecule has 2 unspecified atom stereocenters. The second kappa shape index (κ2) is 34.6. The Labute approximate surface area is 579 Å². The van der Waals surface area contributed by atoms with E-state index in [0.717, 1.165) is 64.5 Å². The third-order valence-corrected chi connectivity index (χ3v) is 22.6. The fraction of sp³-hybridized carbons (Fsp3) is 0.800. The van der Waals surface area contributed by atoms with Gasteiger partial charge in [0.25, 0.3) is 0 Å². The Hall–Kier alpha value is -6.97. The largest absolute Gasteiger partial charge is 0.397 e. The summed E-state index contributed by atoms with van der Waals surface area (Å²) in [4.78, 5) is 189. The topological polar surface area (TPSA) is 270 Å². The van der Waals surface area contributed by atoms with Crippen LogP contribution in [0.15, 0.2) is 12.2 Å². The number of likely N-dealkylation sites (N-methyl/N-ethyl adjacent to an activating group) is 7. The highest BCUT2D eigenvalue weighted by Gasteiger charge is 2.55. The summed E-state index contributed by atoms with van der Waals surface area (Å²) < 4.78 is 72.2. The van der Waals surface area contributed by atoms with Crippen LogP contribution in [-0.2, 0) is 57.5 Å². The molecule has 2 bridgehead atoms. The van der Waals surface area contributed by atoms with E-state index in [0.29, 0.717) is 32.1 Å². The lowest BCUT2D eigenvalue weighted by atomic mass is 9.74. The first kappa shape index (κ1) is 79.4. The molecule has 7 aliphatic rings. The summed E-state index contributed by atoms with van der Waals surface area (Å²) in [5.74, 6) is -13.1. The molecule has 11 atom stereocenters. The van der Waals surface area contributed by atoms with E-state index in [1.54, 1.807) is 19.9 Å². The van der Waals surface area contributed by atoms with Gasteiger partial charge >= 0.3 is 6.18 Å². The number of carbonyl (C=O) groups is 12. The molecule has 0 aromatic carbocycles. The highest BCUT2D eigenvalue weighted by Crippen LogP contribution is 2.45. The zero-order valence-corrected chi connectivity index (χ0v) is 59.9. The van der Waals surface area contributed by atoms with Crippen LogP contribution in [-0.4, -0.2) is 270 Å². The predicted molar refractivity (Wildman–Crippen MR) is 356 cm³/mol.